The van der Waals surface area contributed by atoms with Gasteiger partial charge in [0.1, 0.15) is 5.82 Å². The maximum atomic E-state index is 14.8. The second kappa shape index (κ2) is 12.1. The molecule has 3 heterocycles. The molecular weight excluding hydrogens is 445 g/mol. The van der Waals surface area contributed by atoms with E-state index in [1.54, 1.807) is 19.4 Å². The lowest BCUT2D eigenvalue weighted by atomic mass is 9.82. The van der Waals surface area contributed by atoms with Crippen LogP contribution in [0, 0.1) is 11.2 Å². The van der Waals surface area contributed by atoms with Gasteiger partial charge < -0.3 is 25.4 Å². The molecule has 35 heavy (non-hydrogen) atoms. The highest BCUT2D eigenvalue weighted by Gasteiger charge is 2.27. The van der Waals surface area contributed by atoms with Crippen LogP contribution in [0.3, 0.4) is 0 Å². The van der Waals surface area contributed by atoms with Gasteiger partial charge in [0.15, 0.2) is 5.82 Å². The molecular formula is C27H40FN5O2. The summed E-state index contributed by atoms with van der Waals surface area (Å²) in [6.07, 6.45) is 9.39. The summed E-state index contributed by atoms with van der Waals surface area (Å²) >= 11 is 0. The van der Waals surface area contributed by atoms with E-state index >= 15 is 0 Å². The Hall–Kier alpha value is -2.29. The summed E-state index contributed by atoms with van der Waals surface area (Å²) in [6, 6.07) is 6.84. The van der Waals surface area contributed by atoms with Crippen LogP contribution in [0.1, 0.15) is 52.4 Å². The predicted octanol–water partition coefficient (Wildman–Crippen LogP) is 4.86. The van der Waals surface area contributed by atoms with Crippen LogP contribution in [-0.2, 0) is 9.47 Å². The number of hydrogen-bond acceptors (Lipinski definition) is 7. The number of hydrogen-bond donors (Lipinski definition) is 3. The molecule has 4 rings (SSSR count). The number of rotatable bonds is 10. The average Bonchev–Trinajstić information content (AvgIpc) is 2.86. The summed E-state index contributed by atoms with van der Waals surface area (Å²) in [5.74, 6) is 0.331. The van der Waals surface area contributed by atoms with E-state index in [2.05, 4.69) is 39.8 Å². The van der Waals surface area contributed by atoms with E-state index in [9.17, 15) is 4.39 Å². The molecule has 0 bridgehead atoms. The van der Waals surface area contributed by atoms with Crippen LogP contribution in [0.15, 0.2) is 30.6 Å². The molecule has 0 spiro atoms. The van der Waals surface area contributed by atoms with Gasteiger partial charge in [-0.1, -0.05) is 6.92 Å². The van der Waals surface area contributed by atoms with Crippen molar-refractivity contribution in [2.24, 2.45) is 5.41 Å². The third kappa shape index (κ3) is 7.35. The Balaban J connectivity index is 1.36. The van der Waals surface area contributed by atoms with E-state index in [0.717, 1.165) is 70.6 Å². The van der Waals surface area contributed by atoms with Crippen molar-refractivity contribution in [2.75, 3.05) is 44.1 Å². The van der Waals surface area contributed by atoms with E-state index in [1.807, 2.05) is 12.1 Å². The van der Waals surface area contributed by atoms with Gasteiger partial charge in [0.25, 0.3) is 0 Å². The molecule has 2 fully saturated rings. The molecule has 1 aliphatic carbocycles. The smallest absolute Gasteiger partial charge is 0.151 e. The number of halogens is 1. The third-order valence-corrected chi connectivity index (χ3v) is 7.33. The van der Waals surface area contributed by atoms with Gasteiger partial charge in [0.05, 0.1) is 18.5 Å². The molecule has 0 amide bonds. The molecule has 0 radical (unpaired) electrons. The second-order valence-corrected chi connectivity index (χ2v) is 10.5. The van der Waals surface area contributed by atoms with Crippen LogP contribution >= 0.6 is 0 Å². The van der Waals surface area contributed by atoms with Gasteiger partial charge in [0, 0.05) is 62.4 Å². The fraction of sp³-hybridized carbons (Fsp3) is 0.630. The molecule has 192 valence electrons. The Morgan fingerprint density at radius 2 is 1.89 bits per heavy atom. The molecule has 2 aliphatic rings. The number of ether oxygens (including phenoxy) is 2. The summed E-state index contributed by atoms with van der Waals surface area (Å²) in [5.41, 5.74) is 2.22. The quantitative estimate of drug-likeness (QED) is 0.443. The first kappa shape index (κ1) is 25.8. The minimum Gasteiger partial charge on any atom is -0.384 e. The van der Waals surface area contributed by atoms with Gasteiger partial charge in [-0.25, -0.2) is 9.37 Å². The average molecular weight is 486 g/mol. The first-order valence-corrected chi connectivity index (χ1v) is 12.9. The first-order chi connectivity index (χ1) is 16.9. The number of methoxy groups -OCH3 is 1. The normalized spacial score (nSPS) is 23.0. The summed E-state index contributed by atoms with van der Waals surface area (Å²) in [4.78, 5) is 8.75. The second-order valence-electron chi connectivity index (χ2n) is 10.5. The van der Waals surface area contributed by atoms with Crippen LogP contribution in [0.2, 0.25) is 0 Å². The molecule has 1 aliphatic heterocycles. The predicted molar refractivity (Wildman–Crippen MR) is 138 cm³/mol. The highest BCUT2D eigenvalue weighted by atomic mass is 19.1. The Bertz CT molecular complexity index is 945. The molecule has 2 aromatic heterocycles. The fourth-order valence-electron chi connectivity index (χ4n) is 5.07. The Labute approximate surface area is 208 Å². The lowest BCUT2D eigenvalue weighted by Gasteiger charge is -2.34. The van der Waals surface area contributed by atoms with Crippen molar-refractivity contribution in [3.05, 3.63) is 36.4 Å². The van der Waals surface area contributed by atoms with Gasteiger partial charge >= 0.3 is 0 Å². The number of nitrogens with zero attached hydrogens (tertiary/aromatic N) is 2. The zero-order valence-electron chi connectivity index (χ0n) is 21.3. The van der Waals surface area contributed by atoms with Crippen molar-refractivity contribution in [1.82, 2.24) is 15.3 Å². The number of anilines is 2. The maximum Gasteiger partial charge on any atom is 0.151 e. The molecule has 7 nitrogen and oxygen atoms in total. The topological polar surface area (TPSA) is 80.3 Å². The molecule has 1 unspecified atom stereocenters. The Morgan fingerprint density at radius 3 is 2.63 bits per heavy atom. The molecule has 1 saturated heterocycles. The molecule has 0 aromatic carbocycles. The van der Waals surface area contributed by atoms with Crippen molar-refractivity contribution in [2.45, 2.75) is 70.5 Å². The molecule has 8 heteroatoms. The summed E-state index contributed by atoms with van der Waals surface area (Å²) in [7, 11) is 1.73. The van der Waals surface area contributed by atoms with Gasteiger partial charge in [-0.05, 0) is 69.1 Å². The number of nitrogens with one attached hydrogen (secondary N) is 3. The fourth-order valence-corrected chi connectivity index (χ4v) is 5.07. The lowest BCUT2D eigenvalue weighted by molar-refractivity contribution is 0.0300. The number of pyridine rings is 2. The highest BCUT2D eigenvalue weighted by Crippen LogP contribution is 2.31. The third-order valence-electron chi connectivity index (χ3n) is 7.33. The van der Waals surface area contributed by atoms with Crippen LogP contribution in [0.25, 0.3) is 11.3 Å². The van der Waals surface area contributed by atoms with Gasteiger partial charge in [-0.15, -0.1) is 0 Å². The van der Waals surface area contributed by atoms with Gasteiger partial charge in [-0.2, -0.15) is 0 Å². The van der Waals surface area contributed by atoms with Crippen LogP contribution in [0.4, 0.5) is 15.9 Å². The summed E-state index contributed by atoms with van der Waals surface area (Å²) in [6.45, 7) is 7.63. The van der Waals surface area contributed by atoms with Crippen LogP contribution < -0.4 is 16.0 Å². The van der Waals surface area contributed by atoms with Gasteiger partial charge in [-0.3, -0.25) is 4.98 Å². The SMILES string of the molecule is COCC(C)NC1CCC(Nc2cc(-c3cc(NCC4(C)CCOCC4)ccn3)c(F)cn2)CC1. The molecule has 3 N–H and O–H groups in total. The maximum absolute atomic E-state index is 14.8. The van der Waals surface area contributed by atoms with E-state index in [4.69, 9.17) is 9.47 Å². The minimum atomic E-state index is -0.364. The Kier molecular flexibility index (Phi) is 8.92. The van der Waals surface area contributed by atoms with Gasteiger partial charge in [0.2, 0.25) is 0 Å². The molecule has 2 aromatic rings. The molecule has 1 saturated carbocycles. The summed E-state index contributed by atoms with van der Waals surface area (Å²) < 4.78 is 25.5. The zero-order valence-corrected chi connectivity index (χ0v) is 21.3. The van der Waals surface area contributed by atoms with Crippen molar-refractivity contribution in [1.29, 1.82) is 0 Å². The minimum absolute atomic E-state index is 0.205. The standard InChI is InChI=1S/C27H40FN5O2/c1-19(17-34-3)32-20-4-6-21(7-5-20)33-26-15-23(24(28)16-30-26)25-14-22(8-11-29-25)31-18-27(2)9-12-35-13-10-27/h8,11,14-16,19-21,32H,4-7,9-10,12-13,17-18H2,1-3H3,(H,29,31)(H,30,33). The van der Waals surface area contributed by atoms with Crippen molar-refractivity contribution in [3.63, 3.8) is 0 Å². The zero-order chi connectivity index (χ0) is 24.7. The molecule has 1 atom stereocenters. The van der Waals surface area contributed by atoms with Crippen molar-refractivity contribution >= 4 is 11.5 Å². The van der Waals surface area contributed by atoms with E-state index in [-0.39, 0.29) is 11.2 Å². The van der Waals surface area contributed by atoms with Crippen molar-refractivity contribution < 1.29 is 13.9 Å². The monoisotopic (exact) mass is 485 g/mol. The van der Waals surface area contributed by atoms with Crippen LogP contribution in [-0.4, -0.2) is 61.6 Å². The van der Waals surface area contributed by atoms with Crippen molar-refractivity contribution in [3.8, 4) is 11.3 Å². The highest BCUT2D eigenvalue weighted by molar-refractivity contribution is 5.67. The first-order valence-electron chi connectivity index (χ1n) is 12.9. The van der Waals surface area contributed by atoms with E-state index < -0.39 is 0 Å². The Morgan fingerprint density at radius 1 is 1.14 bits per heavy atom. The van der Waals surface area contributed by atoms with Crippen LogP contribution in [0.5, 0.6) is 0 Å². The largest absolute Gasteiger partial charge is 0.384 e. The number of aromatic nitrogens is 2. The summed E-state index contributed by atoms with van der Waals surface area (Å²) in [5, 5.41) is 10.7. The lowest BCUT2D eigenvalue weighted by Crippen LogP contribution is -2.42. The van der Waals surface area contributed by atoms with E-state index in [1.165, 1.54) is 6.20 Å². The van der Waals surface area contributed by atoms with E-state index in [0.29, 0.717) is 35.2 Å².